The van der Waals surface area contributed by atoms with Crippen LogP contribution in [0.5, 0.6) is 0 Å². The standard InChI is InChI=1S/C28H23F5N2O.ClH/c29-20-8-6-18(7-9-20)27(36)5-2-13-34-14-12-26-24(17-34)23-16-21(30)10-11-25(23)35(26)22-4-1-3-19(15-22)28(31,32)33;/h1,3-4,6-11,15-16H,2,5,12-14,17H2;1H. The number of hydrogen-bond acceptors (Lipinski definition) is 2. The number of fused-ring (bicyclic) bond motifs is 3. The molecule has 1 aliphatic heterocycles. The number of halogens is 6. The molecule has 0 atom stereocenters. The topological polar surface area (TPSA) is 25.2 Å². The minimum Gasteiger partial charge on any atom is -0.313 e. The summed E-state index contributed by atoms with van der Waals surface area (Å²) < 4.78 is 69.2. The summed E-state index contributed by atoms with van der Waals surface area (Å²) in [5, 5.41) is 0.675. The van der Waals surface area contributed by atoms with Gasteiger partial charge in [0.25, 0.3) is 0 Å². The first-order valence-corrected chi connectivity index (χ1v) is 11.7. The number of Topliss-reactive ketones (excluding diaryl/α,β-unsaturated/α-hetero) is 1. The highest BCUT2D eigenvalue weighted by Gasteiger charge is 2.31. The van der Waals surface area contributed by atoms with Crippen molar-refractivity contribution in [1.29, 1.82) is 0 Å². The molecule has 3 aromatic carbocycles. The summed E-state index contributed by atoms with van der Waals surface area (Å²) in [4.78, 5) is 14.6. The quantitative estimate of drug-likeness (QED) is 0.191. The van der Waals surface area contributed by atoms with Crippen LogP contribution in [0.15, 0.2) is 66.7 Å². The molecule has 0 N–H and O–H groups in total. The van der Waals surface area contributed by atoms with Crippen LogP contribution in [0.3, 0.4) is 0 Å². The van der Waals surface area contributed by atoms with E-state index in [0.29, 0.717) is 61.1 Å². The highest BCUT2D eigenvalue weighted by Crippen LogP contribution is 2.36. The summed E-state index contributed by atoms with van der Waals surface area (Å²) in [6, 6.07) is 15.0. The highest BCUT2D eigenvalue weighted by molar-refractivity contribution is 5.96. The summed E-state index contributed by atoms with van der Waals surface area (Å²) in [6.07, 6.45) is -2.97. The maximum Gasteiger partial charge on any atom is 0.416 e. The van der Waals surface area contributed by atoms with Gasteiger partial charge in [0.05, 0.1) is 11.1 Å². The lowest BCUT2D eigenvalue weighted by Gasteiger charge is -2.28. The summed E-state index contributed by atoms with van der Waals surface area (Å²) in [6.45, 7) is 1.80. The van der Waals surface area contributed by atoms with Gasteiger partial charge in [0, 0.05) is 48.3 Å². The van der Waals surface area contributed by atoms with Crippen LogP contribution in [0.25, 0.3) is 16.6 Å². The molecule has 194 valence electrons. The Kier molecular flexibility index (Phi) is 7.71. The Morgan fingerprint density at radius 1 is 0.919 bits per heavy atom. The van der Waals surface area contributed by atoms with Crippen molar-refractivity contribution in [3.05, 3.63) is 101 Å². The smallest absolute Gasteiger partial charge is 0.313 e. The van der Waals surface area contributed by atoms with Crippen LogP contribution in [0.4, 0.5) is 22.0 Å². The Labute approximate surface area is 216 Å². The van der Waals surface area contributed by atoms with Crippen LogP contribution < -0.4 is 0 Å². The molecule has 2 heterocycles. The Morgan fingerprint density at radius 2 is 1.65 bits per heavy atom. The van der Waals surface area contributed by atoms with Crippen molar-refractivity contribution >= 4 is 29.1 Å². The number of nitrogens with zero attached hydrogens (tertiary/aromatic N) is 2. The summed E-state index contributed by atoms with van der Waals surface area (Å²) in [5.74, 6) is -0.860. The summed E-state index contributed by atoms with van der Waals surface area (Å²) >= 11 is 0. The fourth-order valence-electron chi connectivity index (χ4n) is 4.94. The van der Waals surface area contributed by atoms with E-state index in [9.17, 15) is 26.7 Å². The van der Waals surface area contributed by atoms with Crippen molar-refractivity contribution in [1.82, 2.24) is 9.47 Å². The normalized spacial score (nSPS) is 13.9. The van der Waals surface area contributed by atoms with E-state index in [1.807, 2.05) is 0 Å². The lowest BCUT2D eigenvalue weighted by atomic mass is 10.0. The Bertz CT molecular complexity index is 1430. The summed E-state index contributed by atoms with van der Waals surface area (Å²) in [7, 11) is 0. The Hall–Kier alpha value is -3.23. The van der Waals surface area contributed by atoms with Crippen molar-refractivity contribution in [3.8, 4) is 5.69 Å². The minimum absolute atomic E-state index is 0. The first kappa shape index (κ1) is 26.8. The lowest BCUT2D eigenvalue weighted by molar-refractivity contribution is -0.137. The number of carbonyl (C=O) groups is 1. The van der Waals surface area contributed by atoms with E-state index in [4.69, 9.17) is 0 Å². The molecule has 9 heteroatoms. The van der Waals surface area contributed by atoms with Crippen LogP contribution in [0, 0.1) is 11.6 Å². The zero-order chi connectivity index (χ0) is 25.4. The number of alkyl halides is 3. The Balaban J connectivity index is 0.00000320. The van der Waals surface area contributed by atoms with Crippen LogP contribution in [0.2, 0.25) is 0 Å². The molecule has 4 aromatic rings. The molecule has 5 rings (SSSR count). The molecule has 0 saturated carbocycles. The third kappa shape index (κ3) is 5.55. The molecule has 1 aromatic heterocycles. The SMILES string of the molecule is Cl.O=C(CCCN1CCc2c(c3cc(F)ccc3n2-c2cccc(C(F)(F)F)c2)C1)c1ccc(F)cc1. The van der Waals surface area contributed by atoms with Gasteiger partial charge in [-0.3, -0.25) is 9.69 Å². The fourth-order valence-corrected chi connectivity index (χ4v) is 4.94. The van der Waals surface area contributed by atoms with E-state index in [1.54, 1.807) is 16.7 Å². The van der Waals surface area contributed by atoms with Gasteiger partial charge in [0.15, 0.2) is 5.78 Å². The number of ketones is 1. The third-order valence-electron chi connectivity index (χ3n) is 6.67. The Morgan fingerprint density at radius 3 is 2.38 bits per heavy atom. The van der Waals surface area contributed by atoms with Crippen molar-refractivity contribution < 1.29 is 26.7 Å². The van der Waals surface area contributed by atoms with Gasteiger partial charge in [-0.15, -0.1) is 12.4 Å². The maximum absolute atomic E-state index is 14.2. The van der Waals surface area contributed by atoms with E-state index in [1.165, 1.54) is 42.5 Å². The average molecular weight is 535 g/mol. The molecule has 0 bridgehead atoms. The molecule has 1 aliphatic rings. The van der Waals surface area contributed by atoms with Gasteiger partial charge in [-0.25, -0.2) is 8.78 Å². The zero-order valence-electron chi connectivity index (χ0n) is 19.7. The van der Waals surface area contributed by atoms with Crippen LogP contribution in [-0.2, 0) is 19.1 Å². The second-order valence-corrected chi connectivity index (χ2v) is 9.03. The first-order valence-electron chi connectivity index (χ1n) is 11.7. The van der Waals surface area contributed by atoms with Crippen molar-refractivity contribution in [2.45, 2.75) is 32.0 Å². The van der Waals surface area contributed by atoms with Gasteiger partial charge in [-0.05, 0) is 79.2 Å². The van der Waals surface area contributed by atoms with Crippen LogP contribution in [-0.4, -0.2) is 28.3 Å². The molecule has 0 aliphatic carbocycles. The van der Waals surface area contributed by atoms with Crippen LogP contribution in [0.1, 0.15) is 40.0 Å². The molecular formula is C28H24ClF5N2O. The number of hydrogen-bond donors (Lipinski definition) is 0. The molecule has 0 unspecified atom stereocenters. The number of aromatic nitrogens is 1. The molecule has 0 saturated heterocycles. The molecular weight excluding hydrogens is 511 g/mol. The second kappa shape index (κ2) is 10.6. The number of carbonyl (C=O) groups excluding carboxylic acids is 1. The molecule has 0 fully saturated rings. The molecule has 3 nitrogen and oxygen atoms in total. The van der Waals surface area contributed by atoms with E-state index in [0.717, 1.165) is 23.4 Å². The highest BCUT2D eigenvalue weighted by atomic mass is 35.5. The van der Waals surface area contributed by atoms with Crippen LogP contribution >= 0.6 is 12.4 Å². The minimum atomic E-state index is -4.46. The number of benzene rings is 3. The zero-order valence-corrected chi connectivity index (χ0v) is 20.5. The lowest BCUT2D eigenvalue weighted by Crippen LogP contribution is -2.32. The van der Waals surface area contributed by atoms with Crippen molar-refractivity contribution in [3.63, 3.8) is 0 Å². The van der Waals surface area contributed by atoms with E-state index < -0.39 is 23.4 Å². The van der Waals surface area contributed by atoms with E-state index in [-0.39, 0.29) is 18.2 Å². The van der Waals surface area contributed by atoms with E-state index >= 15 is 0 Å². The number of rotatable bonds is 6. The third-order valence-corrected chi connectivity index (χ3v) is 6.67. The first-order chi connectivity index (χ1) is 17.2. The van der Waals surface area contributed by atoms with Gasteiger partial charge in [-0.1, -0.05) is 6.07 Å². The molecule has 37 heavy (non-hydrogen) atoms. The van der Waals surface area contributed by atoms with Crippen molar-refractivity contribution in [2.75, 3.05) is 13.1 Å². The van der Waals surface area contributed by atoms with Gasteiger partial charge < -0.3 is 4.57 Å². The van der Waals surface area contributed by atoms with E-state index in [2.05, 4.69) is 4.90 Å². The van der Waals surface area contributed by atoms with Gasteiger partial charge in [-0.2, -0.15) is 13.2 Å². The fraction of sp³-hybridized carbons (Fsp3) is 0.250. The molecule has 0 radical (unpaired) electrons. The molecule has 0 amide bonds. The van der Waals surface area contributed by atoms with Gasteiger partial charge >= 0.3 is 6.18 Å². The predicted octanol–water partition coefficient (Wildman–Crippen LogP) is 7.37. The van der Waals surface area contributed by atoms with Gasteiger partial charge in [0.2, 0.25) is 0 Å². The molecule has 0 spiro atoms. The second-order valence-electron chi connectivity index (χ2n) is 9.03. The summed E-state index contributed by atoms with van der Waals surface area (Å²) in [5.41, 5.74) is 2.54. The maximum atomic E-state index is 14.2. The average Bonchev–Trinajstić information content (AvgIpc) is 3.17. The predicted molar refractivity (Wildman–Crippen MR) is 134 cm³/mol. The van der Waals surface area contributed by atoms with Gasteiger partial charge in [0.1, 0.15) is 11.6 Å². The van der Waals surface area contributed by atoms with Crippen molar-refractivity contribution in [2.24, 2.45) is 0 Å². The largest absolute Gasteiger partial charge is 0.416 e. The monoisotopic (exact) mass is 534 g/mol.